The van der Waals surface area contributed by atoms with E-state index < -0.39 is 0 Å². The number of nitrogens with zero attached hydrogens (tertiary/aromatic N) is 2. The first kappa shape index (κ1) is 10.0. The lowest BCUT2D eigenvalue weighted by Crippen LogP contribution is -2.41. The molecule has 1 aromatic rings. The van der Waals surface area contributed by atoms with Gasteiger partial charge in [-0.25, -0.2) is 0 Å². The monoisotopic (exact) mass is 202 g/mol. The van der Waals surface area contributed by atoms with Crippen molar-refractivity contribution in [3.63, 3.8) is 0 Å². The number of rotatable bonds is 1. The quantitative estimate of drug-likeness (QED) is 0.696. The molecule has 1 saturated heterocycles. The van der Waals surface area contributed by atoms with E-state index in [1.807, 2.05) is 24.3 Å². The second-order valence-electron chi connectivity index (χ2n) is 3.79. The third kappa shape index (κ3) is 2.28. The van der Waals surface area contributed by atoms with Crippen LogP contribution < -0.4 is 4.90 Å². The summed E-state index contributed by atoms with van der Waals surface area (Å²) in [7, 11) is 0. The van der Waals surface area contributed by atoms with Crippen LogP contribution in [-0.2, 0) is 4.74 Å². The van der Waals surface area contributed by atoms with Crippen molar-refractivity contribution in [2.24, 2.45) is 0 Å². The van der Waals surface area contributed by atoms with Crippen LogP contribution in [0, 0.1) is 11.3 Å². The Bertz CT molecular complexity index is 366. The predicted octanol–water partition coefficient (Wildman–Crippen LogP) is 1.78. The largest absolute Gasteiger partial charge is 0.375 e. The molecule has 1 heterocycles. The maximum absolute atomic E-state index is 8.70. The van der Waals surface area contributed by atoms with Crippen LogP contribution >= 0.6 is 0 Å². The molecule has 1 atom stereocenters. The molecule has 0 saturated carbocycles. The van der Waals surface area contributed by atoms with Crippen molar-refractivity contribution in [3.8, 4) is 6.07 Å². The molecule has 0 radical (unpaired) electrons. The molecule has 3 nitrogen and oxygen atoms in total. The molecule has 78 valence electrons. The molecule has 0 spiro atoms. The predicted molar refractivity (Wildman–Crippen MR) is 58.8 cm³/mol. The molecule has 2 rings (SSSR count). The van der Waals surface area contributed by atoms with Crippen molar-refractivity contribution in [2.75, 3.05) is 24.6 Å². The SMILES string of the molecule is CC1CN(c2ccc(C#N)cc2)CCO1. The Morgan fingerprint density at radius 1 is 1.40 bits per heavy atom. The van der Waals surface area contributed by atoms with Gasteiger partial charge in [0.1, 0.15) is 0 Å². The summed E-state index contributed by atoms with van der Waals surface area (Å²) >= 11 is 0. The number of hydrogen-bond acceptors (Lipinski definition) is 3. The Hall–Kier alpha value is -1.53. The third-order valence-electron chi connectivity index (χ3n) is 2.60. The molecule has 0 amide bonds. The Balaban J connectivity index is 2.12. The highest BCUT2D eigenvalue weighted by Gasteiger charge is 2.16. The van der Waals surface area contributed by atoms with E-state index in [9.17, 15) is 0 Å². The topological polar surface area (TPSA) is 36.3 Å². The molecule has 1 fully saturated rings. The van der Waals surface area contributed by atoms with Gasteiger partial charge in [-0.05, 0) is 31.2 Å². The van der Waals surface area contributed by atoms with E-state index in [1.54, 1.807) is 0 Å². The lowest BCUT2D eigenvalue weighted by Gasteiger charge is -2.32. The summed E-state index contributed by atoms with van der Waals surface area (Å²) in [5, 5.41) is 8.70. The van der Waals surface area contributed by atoms with Crippen molar-refractivity contribution >= 4 is 5.69 Å². The molecule has 0 aromatic heterocycles. The van der Waals surface area contributed by atoms with Crippen LogP contribution in [0.5, 0.6) is 0 Å². The summed E-state index contributed by atoms with van der Waals surface area (Å²) in [6.07, 6.45) is 0.286. The van der Waals surface area contributed by atoms with Crippen LogP contribution in [0.25, 0.3) is 0 Å². The van der Waals surface area contributed by atoms with Crippen molar-refractivity contribution in [1.29, 1.82) is 5.26 Å². The number of morpholine rings is 1. The summed E-state index contributed by atoms with van der Waals surface area (Å²) in [5.74, 6) is 0. The minimum Gasteiger partial charge on any atom is -0.375 e. The van der Waals surface area contributed by atoms with Crippen LogP contribution in [0.2, 0.25) is 0 Å². The molecule has 1 aliphatic rings. The van der Waals surface area contributed by atoms with E-state index in [4.69, 9.17) is 10.00 Å². The van der Waals surface area contributed by atoms with Crippen LogP contribution in [0.3, 0.4) is 0 Å². The summed E-state index contributed by atoms with van der Waals surface area (Å²) < 4.78 is 5.48. The molecule has 0 aliphatic carbocycles. The third-order valence-corrected chi connectivity index (χ3v) is 2.60. The normalized spacial score (nSPS) is 21.1. The van der Waals surface area contributed by atoms with Gasteiger partial charge in [-0.3, -0.25) is 0 Å². The number of ether oxygens (including phenoxy) is 1. The van der Waals surface area contributed by atoms with Gasteiger partial charge in [-0.2, -0.15) is 5.26 Å². The zero-order valence-corrected chi connectivity index (χ0v) is 8.81. The number of anilines is 1. The minimum absolute atomic E-state index is 0.286. The molecule has 1 unspecified atom stereocenters. The molecule has 1 aromatic carbocycles. The van der Waals surface area contributed by atoms with Gasteiger partial charge in [-0.1, -0.05) is 0 Å². The van der Waals surface area contributed by atoms with Gasteiger partial charge in [-0.15, -0.1) is 0 Å². The van der Waals surface area contributed by atoms with Crippen molar-refractivity contribution in [1.82, 2.24) is 0 Å². The van der Waals surface area contributed by atoms with E-state index in [2.05, 4.69) is 17.9 Å². The van der Waals surface area contributed by atoms with Gasteiger partial charge >= 0.3 is 0 Å². The standard InChI is InChI=1S/C12H14N2O/c1-10-9-14(6-7-15-10)12-4-2-11(8-13)3-5-12/h2-5,10H,6-7,9H2,1H3. The highest BCUT2D eigenvalue weighted by Crippen LogP contribution is 2.17. The first-order valence-corrected chi connectivity index (χ1v) is 5.16. The van der Waals surface area contributed by atoms with Crippen molar-refractivity contribution in [3.05, 3.63) is 29.8 Å². The summed E-state index contributed by atoms with van der Waals surface area (Å²) in [4.78, 5) is 2.29. The van der Waals surface area contributed by atoms with E-state index in [-0.39, 0.29) is 6.10 Å². The lowest BCUT2D eigenvalue weighted by molar-refractivity contribution is 0.0532. The average Bonchev–Trinajstić information content (AvgIpc) is 2.29. The Labute approximate surface area is 89.9 Å². The molecular formula is C12H14N2O. The minimum atomic E-state index is 0.286. The summed E-state index contributed by atoms with van der Waals surface area (Å²) in [6, 6.07) is 9.83. The van der Waals surface area contributed by atoms with Crippen LogP contribution in [-0.4, -0.2) is 25.8 Å². The number of nitriles is 1. The molecule has 3 heteroatoms. The fourth-order valence-electron chi connectivity index (χ4n) is 1.80. The van der Waals surface area contributed by atoms with E-state index in [0.717, 1.165) is 19.7 Å². The van der Waals surface area contributed by atoms with E-state index in [0.29, 0.717) is 5.56 Å². The molecule has 0 N–H and O–H groups in total. The Kier molecular flexibility index (Phi) is 2.89. The average molecular weight is 202 g/mol. The first-order chi connectivity index (χ1) is 7.29. The Morgan fingerprint density at radius 3 is 2.73 bits per heavy atom. The van der Waals surface area contributed by atoms with Gasteiger partial charge in [0.05, 0.1) is 24.3 Å². The van der Waals surface area contributed by atoms with Gasteiger partial charge in [0.2, 0.25) is 0 Å². The maximum atomic E-state index is 8.70. The molecule has 15 heavy (non-hydrogen) atoms. The van der Waals surface area contributed by atoms with Crippen LogP contribution in [0.15, 0.2) is 24.3 Å². The summed E-state index contributed by atoms with van der Waals surface area (Å²) in [5.41, 5.74) is 1.88. The second kappa shape index (κ2) is 4.33. The molecular weight excluding hydrogens is 188 g/mol. The van der Waals surface area contributed by atoms with Crippen LogP contribution in [0.1, 0.15) is 12.5 Å². The number of hydrogen-bond donors (Lipinski definition) is 0. The fourth-order valence-corrected chi connectivity index (χ4v) is 1.80. The van der Waals surface area contributed by atoms with Crippen molar-refractivity contribution in [2.45, 2.75) is 13.0 Å². The van der Waals surface area contributed by atoms with Gasteiger partial charge in [0, 0.05) is 18.8 Å². The highest BCUT2D eigenvalue weighted by atomic mass is 16.5. The maximum Gasteiger partial charge on any atom is 0.0991 e. The van der Waals surface area contributed by atoms with Gasteiger partial charge < -0.3 is 9.64 Å². The zero-order valence-electron chi connectivity index (χ0n) is 8.81. The van der Waals surface area contributed by atoms with Crippen LogP contribution in [0.4, 0.5) is 5.69 Å². The smallest absolute Gasteiger partial charge is 0.0991 e. The van der Waals surface area contributed by atoms with E-state index >= 15 is 0 Å². The second-order valence-corrected chi connectivity index (χ2v) is 3.79. The lowest BCUT2D eigenvalue weighted by atomic mass is 10.2. The van der Waals surface area contributed by atoms with Crippen molar-refractivity contribution < 1.29 is 4.74 Å². The summed E-state index contributed by atoms with van der Waals surface area (Å²) in [6.45, 7) is 4.71. The fraction of sp³-hybridized carbons (Fsp3) is 0.417. The highest BCUT2D eigenvalue weighted by molar-refractivity contribution is 5.50. The zero-order chi connectivity index (χ0) is 10.7. The molecule has 0 bridgehead atoms. The first-order valence-electron chi connectivity index (χ1n) is 5.16. The van der Waals surface area contributed by atoms with Gasteiger partial charge in [0.15, 0.2) is 0 Å². The number of benzene rings is 1. The Morgan fingerprint density at radius 2 is 2.13 bits per heavy atom. The van der Waals surface area contributed by atoms with E-state index in [1.165, 1.54) is 5.69 Å². The molecule has 1 aliphatic heterocycles. The van der Waals surface area contributed by atoms with Gasteiger partial charge in [0.25, 0.3) is 0 Å².